The van der Waals surface area contributed by atoms with E-state index >= 15 is 0 Å². The Morgan fingerprint density at radius 1 is 1.19 bits per heavy atom. The van der Waals surface area contributed by atoms with Crippen LogP contribution in [0.25, 0.3) is 11.3 Å². The first-order valence-electron chi connectivity index (χ1n) is 8.63. The average Bonchev–Trinajstić information content (AvgIpc) is 3.21. The number of ether oxygens (including phenoxy) is 1. The number of nitro groups is 1. The van der Waals surface area contributed by atoms with Gasteiger partial charge in [-0.05, 0) is 30.3 Å². The third-order valence-corrected chi connectivity index (χ3v) is 4.12. The van der Waals surface area contributed by atoms with Crippen molar-refractivity contribution in [3.05, 3.63) is 81.6 Å². The zero-order valence-electron chi connectivity index (χ0n) is 15.8. The molecule has 0 unspecified atom stereocenters. The van der Waals surface area contributed by atoms with Crippen LogP contribution in [0.3, 0.4) is 0 Å². The Labute approximate surface area is 173 Å². The molecule has 0 saturated heterocycles. The molecule has 1 heterocycles. The van der Waals surface area contributed by atoms with Crippen molar-refractivity contribution in [2.45, 2.75) is 6.18 Å². The van der Waals surface area contributed by atoms with E-state index in [1.807, 2.05) is 0 Å². The highest BCUT2D eigenvalue weighted by molar-refractivity contribution is 5.96. The summed E-state index contributed by atoms with van der Waals surface area (Å²) in [6.45, 7) is 0. The van der Waals surface area contributed by atoms with Gasteiger partial charge >= 0.3 is 12.1 Å². The number of hydrazone groups is 1. The van der Waals surface area contributed by atoms with Crippen LogP contribution in [-0.4, -0.2) is 24.2 Å². The zero-order valence-corrected chi connectivity index (χ0v) is 15.8. The van der Waals surface area contributed by atoms with E-state index in [0.29, 0.717) is 29.0 Å². The molecule has 0 saturated carbocycles. The van der Waals surface area contributed by atoms with Crippen LogP contribution in [0.5, 0.6) is 0 Å². The van der Waals surface area contributed by atoms with E-state index in [4.69, 9.17) is 9.15 Å². The minimum Gasteiger partial charge on any atom is -0.465 e. The number of halogens is 3. The van der Waals surface area contributed by atoms with Crippen LogP contribution in [0.2, 0.25) is 0 Å². The van der Waals surface area contributed by atoms with Gasteiger partial charge in [0.15, 0.2) is 0 Å². The van der Waals surface area contributed by atoms with Gasteiger partial charge in [0.2, 0.25) is 0 Å². The Morgan fingerprint density at radius 3 is 2.61 bits per heavy atom. The van der Waals surface area contributed by atoms with Crippen molar-refractivity contribution in [2.24, 2.45) is 5.10 Å². The minimum absolute atomic E-state index is 0.225. The van der Waals surface area contributed by atoms with E-state index in [9.17, 15) is 28.1 Å². The van der Waals surface area contributed by atoms with Crippen LogP contribution in [0.15, 0.2) is 64.1 Å². The van der Waals surface area contributed by atoms with Crippen molar-refractivity contribution < 1.29 is 32.0 Å². The number of carbonyl (C=O) groups excluding carboxylic acids is 1. The molecule has 0 atom stereocenters. The number of methoxy groups -OCH3 is 1. The van der Waals surface area contributed by atoms with E-state index < -0.39 is 28.3 Å². The summed E-state index contributed by atoms with van der Waals surface area (Å²) in [6, 6.07) is 11.8. The Balaban J connectivity index is 1.81. The molecule has 3 rings (SSSR count). The summed E-state index contributed by atoms with van der Waals surface area (Å²) in [6.07, 6.45) is -3.52. The third kappa shape index (κ3) is 4.89. The second kappa shape index (κ2) is 8.69. The Hall–Kier alpha value is -4.15. The highest BCUT2D eigenvalue weighted by Gasteiger charge is 2.33. The van der Waals surface area contributed by atoms with E-state index in [1.54, 1.807) is 30.3 Å². The summed E-state index contributed by atoms with van der Waals surface area (Å²) in [4.78, 5) is 22.0. The second-order valence-electron chi connectivity index (χ2n) is 6.10. The molecule has 0 aliphatic heterocycles. The van der Waals surface area contributed by atoms with Crippen LogP contribution in [0.1, 0.15) is 21.7 Å². The lowest BCUT2D eigenvalue weighted by atomic mass is 10.1. The number of hydrogen-bond acceptors (Lipinski definition) is 7. The lowest BCUT2D eigenvalue weighted by Crippen LogP contribution is -2.06. The maximum Gasteiger partial charge on any atom is 0.416 e. The van der Waals surface area contributed by atoms with Gasteiger partial charge in [0.25, 0.3) is 5.69 Å². The van der Waals surface area contributed by atoms with E-state index in [-0.39, 0.29) is 11.4 Å². The Kier molecular flexibility index (Phi) is 6.05. The van der Waals surface area contributed by atoms with E-state index in [2.05, 4.69) is 10.5 Å². The number of carbonyl (C=O) groups is 1. The molecule has 8 nitrogen and oxygen atoms in total. The molecule has 31 heavy (non-hydrogen) atoms. The van der Waals surface area contributed by atoms with Crippen molar-refractivity contribution >= 4 is 23.6 Å². The number of anilines is 1. The number of alkyl halides is 3. The first-order chi connectivity index (χ1) is 14.7. The molecular formula is C20H14F3N3O5. The highest BCUT2D eigenvalue weighted by Crippen LogP contribution is 2.35. The number of nitro benzene ring substituents is 1. The van der Waals surface area contributed by atoms with Crippen LogP contribution in [0.4, 0.5) is 24.5 Å². The number of esters is 1. The van der Waals surface area contributed by atoms with Crippen LogP contribution in [-0.2, 0) is 10.9 Å². The van der Waals surface area contributed by atoms with Crippen LogP contribution >= 0.6 is 0 Å². The molecule has 0 bridgehead atoms. The van der Waals surface area contributed by atoms with Crippen LogP contribution < -0.4 is 5.43 Å². The molecule has 0 amide bonds. The highest BCUT2D eigenvalue weighted by atomic mass is 19.4. The van der Waals surface area contributed by atoms with Gasteiger partial charge in [-0.25, -0.2) is 4.79 Å². The summed E-state index contributed by atoms with van der Waals surface area (Å²) in [5, 5.41) is 14.9. The lowest BCUT2D eigenvalue weighted by molar-refractivity contribution is -0.384. The fourth-order valence-electron chi connectivity index (χ4n) is 2.67. The molecule has 3 aromatic rings. The van der Waals surface area contributed by atoms with Gasteiger partial charge < -0.3 is 9.15 Å². The molecule has 0 aliphatic rings. The summed E-state index contributed by atoms with van der Waals surface area (Å²) in [7, 11) is 1.26. The molecule has 2 aromatic carbocycles. The quantitative estimate of drug-likeness (QED) is 0.251. The van der Waals surface area contributed by atoms with E-state index in [1.165, 1.54) is 19.4 Å². The van der Waals surface area contributed by atoms with Gasteiger partial charge in [-0.3, -0.25) is 15.5 Å². The normalized spacial score (nSPS) is 11.5. The predicted molar refractivity (Wildman–Crippen MR) is 105 cm³/mol. The number of nitrogens with zero attached hydrogens (tertiary/aromatic N) is 2. The molecular weight excluding hydrogens is 419 g/mol. The molecule has 0 fully saturated rings. The summed E-state index contributed by atoms with van der Waals surface area (Å²) >= 11 is 0. The number of rotatable bonds is 6. The van der Waals surface area contributed by atoms with Gasteiger partial charge in [0, 0.05) is 11.6 Å². The summed E-state index contributed by atoms with van der Waals surface area (Å²) in [5.74, 6) is 0.0400. The van der Waals surface area contributed by atoms with Crippen molar-refractivity contribution in [1.29, 1.82) is 0 Å². The minimum atomic E-state index is -4.71. The van der Waals surface area contributed by atoms with Gasteiger partial charge in [0.05, 0.1) is 29.4 Å². The largest absolute Gasteiger partial charge is 0.465 e. The second-order valence-corrected chi connectivity index (χ2v) is 6.10. The van der Waals surface area contributed by atoms with Crippen LogP contribution in [0, 0.1) is 10.1 Å². The number of furan rings is 1. The zero-order chi connectivity index (χ0) is 22.6. The molecule has 1 N–H and O–H groups in total. The summed E-state index contributed by atoms with van der Waals surface area (Å²) in [5.41, 5.74) is 0.967. The monoisotopic (exact) mass is 433 g/mol. The first-order valence-corrected chi connectivity index (χ1v) is 8.63. The number of hydrogen-bond donors (Lipinski definition) is 1. The standard InChI is InChI=1S/C20H14F3N3O5/c1-30-19(27)15-5-3-2-4-14(15)18-9-7-13(31-18)11-24-25-16-8-6-12(20(21,22)23)10-17(16)26(28)29/h2-11,25H,1H3/b24-11-. The smallest absolute Gasteiger partial charge is 0.416 e. The lowest BCUT2D eigenvalue weighted by Gasteiger charge is -2.08. The van der Waals surface area contributed by atoms with Gasteiger partial charge in [-0.2, -0.15) is 18.3 Å². The molecule has 11 heteroatoms. The average molecular weight is 433 g/mol. The fraction of sp³-hybridized carbons (Fsp3) is 0.100. The van der Waals surface area contributed by atoms with Gasteiger partial charge in [-0.15, -0.1) is 0 Å². The third-order valence-electron chi connectivity index (χ3n) is 4.12. The molecule has 1 aromatic heterocycles. The number of benzene rings is 2. The maximum atomic E-state index is 12.8. The van der Waals surface area contributed by atoms with E-state index in [0.717, 1.165) is 6.07 Å². The van der Waals surface area contributed by atoms with Crippen molar-refractivity contribution in [3.63, 3.8) is 0 Å². The van der Waals surface area contributed by atoms with Crippen molar-refractivity contribution in [1.82, 2.24) is 0 Å². The Morgan fingerprint density at radius 2 is 1.94 bits per heavy atom. The maximum absolute atomic E-state index is 12.8. The molecule has 0 aliphatic carbocycles. The molecule has 0 spiro atoms. The molecule has 160 valence electrons. The first kappa shape index (κ1) is 21.6. The summed E-state index contributed by atoms with van der Waals surface area (Å²) < 4.78 is 48.6. The fourth-order valence-corrected chi connectivity index (χ4v) is 2.67. The van der Waals surface area contributed by atoms with Gasteiger partial charge in [0.1, 0.15) is 17.2 Å². The Bertz CT molecular complexity index is 1150. The topological polar surface area (TPSA) is 107 Å². The number of nitrogens with one attached hydrogen (secondary N) is 1. The van der Waals surface area contributed by atoms with Gasteiger partial charge in [-0.1, -0.05) is 18.2 Å². The predicted octanol–water partition coefficient (Wildman–Crippen LogP) is 5.11. The van der Waals surface area contributed by atoms with Crippen molar-refractivity contribution in [2.75, 3.05) is 12.5 Å². The van der Waals surface area contributed by atoms with Crippen molar-refractivity contribution in [3.8, 4) is 11.3 Å². The SMILES string of the molecule is COC(=O)c1ccccc1-c1ccc(/C=N\Nc2ccc(C(F)(F)F)cc2[N+](=O)[O-])o1. The molecule has 0 radical (unpaired) electrons.